The van der Waals surface area contributed by atoms with Crippen molar-refractivity contribution < 1.29 is 19.2 Å². The average molecular weight is 350 g/mol. The van der Waals surface area contributed by atoms with E-state index in [1.807, 2.05) is 0 Å². The van der Waals surface area contributed by atoms with Crippen LogP contribution in [0.1, 0.15) is 57.8 Å². The van der Waals surface area contributed by atoms with Crippen molar-refractivity contribution in [2.24, 2.45) is 5.92 Å². The standard InChI is InChI=1S/C17H26N4O4/c22-13(19-16(24)18-12-8-4-5-9-12)10-21-15(23)14(20-17(21)25)11-6-2-1-3-7-11/h11-12,14H,1-10H2,(H,20,25)(H2,18,19,22,24)/t14-/m0/s1. The van der Waals surface area contributed by atoms with Crippen LogP contribution < -0.4 is 16.0 Å². The summed E-state index contributed by atoms with van der Waals surface area (Å²) in [6.07, 6.45) is 9.09. The Morgan fingerprint density at radius 2 is 1.64 bits per heavy atom. The number of nitrogens with one attached hydrogen (secondary N) is 3. The van der Waals surface area contributed by atoms with Crippen LogP contribution >= 0.6 is 0 Å². The Hall–Kier alpha value is -2.12. The third-order valence-electron chi connectivity index (χ3n) is 5.42. The molecule has 0 aromatic rings. The van der Waals surface area contributed by atoms with Gasteiger partial charge in [0.25, 0.3) is 5.91 Å². The van der Waals surface area contributed by atoms with Gasteiger partial charge in [0.05, 0.1) is 0 Å². The van der Waals surface area contributed by atoms with E-state index in [1.54, 1.807) is 0 Å². The maximum absolute atomic E-state index is 12.5. The molecule has 1 saturated heterocycles. The van der Waals surface area contributed by atoms with Crippen LogP contribution in [0.15, 0.2) is 0 Å². The van der Waals surface area contributed by atoms with E-state index in [-0.39, 0.29) is 17.9 Å². The van der Waals surface area contributed by atoms with Gasteiger partial charge in [-0.1, -0.05) is 32.1 Å². The summed E-state index contributed by atoms with van der Waals surface area (Å²) in [6, 6.07) is -1.55. The van der Waals surface area contributed by atoms with E-state index >= 15 is 0 Å². The lowest BCUT2D eigenvalue weighted by Crippen LogP contribution is -2.48. The minimum Gasteiger partial charge on any atom is -0.335 e. The van der Waals surface area contributed by atoms with Crippen LogP contribution in [0.2, 0.25) is 0 Å². The number of imide groups is 2. The molecule has 1 atom stereocenters. The minimum atomic E-state index is -0.650. The molecule has 8 nitrogen and oxygen atoms in total. The van der Waals surface area contributed by atoms with Crippen LogP contribution in [-0.2, 0) is 9.59 Å². The van der Waals surface area contributed by atoms with E-state index < -0.39 is 30.6 Å². The second-order valence-electron chi connectivity index (χ2n) is 7.25. The summed E-state index contributed by atoms with van der Waals surface area (Å²) < 4.78 is 0. The van der Waals surface area contributed by atoms with Crippen molar-refractivity contribution in [3.05, 3.63) is 0 Å². The number of hydrogen-bond donors (Lipinski definition) is 3. The van der Waals surface area contributed by atoms with Crippen LogP contribution in [0, 0.1) is 5.92 Å². The van der Waals surface area contributed by atoms with Crippen LogP contribution in [-0.4, -0.2) is 47.4 Å². The van der Waals surface area contributed by atoms with Crippen molar-refractivity contribution in [2.45, 2.75) is 69.9 Å². The molecule has 0 spiro atoms. The molecule has 0 aromatic carbocycles. The zero-order valence-corrected chi connectivity index (χ0v) is 14.4. The monoisotopic (exact) mass is 350 g/mol. The zero-order chi connectivity index (χ0) is 17.8. The van der Waals surface area contributed by atoms with Gasteiger partial charge in [-0.15, -0.1) is 0 Å². The van der Waals surface area contributed by atoms with Crippen LogP contribution in [0.4, 0.5) is 9.59 Å². The molecular weight excluding hydrogens is 324 g/mol. The first-order chi connectivity index (χ1) is 12.0. The summed E-state index contributed by atoms with van der Waals surface area (Å²) in [5.41, 5.74) is 0. The van der Waals surface area contributed by atoms with E-state index in [0.717, 1.165) is 62.7 Å². The molecule has 1 aliphatic heterocycles. The van der Waals surface area contributed by atoms with Gasteiger partial charge in [-0.25, -0.2) is 9.59 Å². The van der Waals surface area contributed by atoms with E-state index in [2.05, 4.69) is 16.0 Å². The largest absolute Gasteiger partial charge is 0.335 e. The Kier molecular flexibility index (Phi) is 5.55. The van der Waals surface area contributed by atoms with Gasteiger partial charge in [0.15, 0.2) is 0 Å². The van der Waals surface area contributed by atoms with E-state index in [1.165, 1.54) is 0 Å². The fraction of sp³-hybridized carbons (Fsp3) is 0.765. The molecule has 1 heterocycles. The van der Waals surface area contributed by atoms with Gasteiger partial charge in [0.2, 0.25) is 5.91 Å². The normalized spacial score (nSPS) is 25.1. The third kappa shape index (κ3) is 4.29. The number of hydrogen-bond acceptors (Lipinski definition) is 4. The molecule has 3 aliphatic rings. The Morgan fingerprint density at radius 1 is 1.00 bits per heavy atom. The molecule has 6 amide bonds. The molecule has 8 heteroatoms. The van der Waals surface area contributed by atoms with Gasteiger partial charge in [-0.2, -0.15) is 0 Å². The smallest absolute Gasteiger partial charge is 0.325 e. The molecule has 0 unspecified atom stereocenters. The predicted octanol–water partition coefficient (Wildman–Crippen LogP) is 1.26. The molecule has 3 N–H and O–H groups in total. The fourth-order valence-electron chi connectivity index (χ4n) is 4.08. The van der Waals surface area contributed by atoms with E-state index in [4.69, 9.17) is 0 Å². The Morgan fingerprint density at radius 3 is 2.32 bits per heavy atom. The van der Waals surface area contributed by atoms with Gasteiger partial charge in [0.1, 0.15) is 12.6 Å². The third-order valence-corrected chi connectivity index (χ3v) is 5.42. The molecule has 0 radical (unpaired) electrons. The molecule has 25 heavy (non-hydrogen) atoms. The lowest BCUT2D eigenvalue weighted by atomic mass is 9.84. The molecule has 2 saturated carbocycles. The highest BCUT2D eigenvalue weighted by atomic mass is 16.2. The van der Waals surface area contributed by atoms with E-state index in [9.17, 15) is 19.2 Å². The second-order valence-corrected chi connectivity index (χ2v) is 7.25. The highest BCUT2D eigenvalue weighted by Crippen LogP contribution is 2.29. The van der Waals surface area contributed by atoms with Gasteiger partial charge in [-0.3, -0.25) is 19.8 Å². The van der Waals surface area contributed by atoms with E-state index in [0.29, 0.717) is 0 Å². The number of urea groups is 2. The predicted molar refractivity (Wildman–Crippen MR) is 89.5 cm³/mol. The Bertz CT molecular complexity index is 553. The summed E-state index contributed by atoms with van der Waals surface area (Å²) in [7, 11) is 0. The summed E-state index contributed by atoms with van der Waals surface area (Å²) in [5.74, 6) is -0.865. The number of carbonyl (C=O) groups excluding carboxylic acids is 4. The van der Waals surface area contributed by atoms with Gasteiger partial charge in [0, 0.05) is 6.04 Å². The molecular formula is C17H26N4O4. The van der Waals surface area contributed by atoms with Gasteiger partial charge >= 0.3 is 12.1 Å². The maximum Gasteiger partial charge on any atom is 0.325 e. The second kappa shape index (κ2) is 7.84. The zero-order valence-electron chi connectivity index (χ0n) is 14.4. The van der Waals surface area contributed by atoms with Crippen LogP contribution in [0.5, 0.6) is 0 Å². The summed E-state index contributed by atoms with van der Waals surface area (Å²) in [6.45, 7) is -0.425. The topological polar surface area (TPSA) is 108 Å². The number of amides is 6. The van der Waals surface area contributed by atoms with Crippen molar-refractivity contribution >= 4 is 23.9 Å². The Labute approximate surface area is 147 Å². The summed E-state index contributed by atoms with van der Waals surface area (Å²) in [5, 5.41) is 7.65. The number of rotatable bonds is 4. The van der Waals surface area contributed by atoms with Crippen molar-refractivity contribution in [3.63, 3.8) is 0 Å². The fourth-order valence-corrected chi connectivity index (χ4v) is 4.08. The minimum absolute atomic E-state index is 0.0974. The number of carbonyl (C=O) groups is 4. The quantitative estimate of drug-likeness (QED) is 0.663. The number of nitrogens with zero attached hydrogens (tertiary/aromatic N) is 1. The molecule has 0 aromatic heterocycles. The lowest BCUT2D eigenvalue weighted by molar-refractivity contribution is -0.132. The van der Waals surface area contributed by atoms with Crippen LogP contribution in [0.3, 0.4) is 0 Å². The van der Waals surface area contributed by atoms with Crippen molar-refractivity contribution in [1.29, 1.82) is 0 Å². The molecule has 3 rings (SSSR count). The molecule has 2 aliphatic carbocycles. The van der Waals surface area contributed by atoms with Crippen LogP contribution in [0.25, 0.3) is 0 Å². The van der Waals surface area contributed by atoms with Gasteiger partial charge < -0.3 is 10.6 Å². The SMILES string of the molecule is O=C(CN1C(=O)N[C@@H](C2CCCCC2)C1=O)NC(=O)NC1CCCC1. The van der Waals surface area contributed by atoms with Crippen molar-refractivity contribution in [1.82, 2.24) is 20.9 Å². The molecule has 138 valence electrons. The highest BCUT2D eigenvalue weighted by molar-refractivity contribution is 6.07. The Balaban J connectivity index is 1.49. The van der Waals surface area contributed by atoms with Gasteiger partial charge in [-0.05, 0) is 31.6 Å². The van der Waals surface area contributed by atoms with Crippen molar-refractivity contribution in [2.75, 3.05) is 6.54 Å². The average Bonchev–Trinajstić information content (AvgIpc) is 3.19. The first-order valence-electron chi connectivity index (χ1n) is 9.27. The van der Waals surface area contributed by atoms with Crippen molar-refractivity contribution in [3.8, 4) is 0 Å². The highest BCUT2D eigenvalue weighted by Gasteiger charge is 2.43. The first kappa shape index (κ1) is 17.7. The maximum atomic E-state index is 12.5. The summed E-state index contributed by atoms with van der Waals surface area (Å²) >= 11 is 0. The molecule has 3 fully saturated rings. The molecule has 0 bridgehead atoms. The summed E-state index contributed by atoms with van der Waals surface area (Å²) in [4.78, 5) is 49.3. The first-order valence-corrected chi connectivity index (χ1v) is 9.27. The lowest BCUT2D eigenvalue weighted by Gasteiger charge is -2.25.